The summed E-state index contributed by atoms with van der Waals surface area (Å²) in [4.78, 5) is 18.6. The Labute approximate surface area is 120 Å². The molecule has 0 spiro atoms. The van der Waals surface area contributed by atoms with Crippen LogP contribution in [0.15, 0.2) is 11.0 Å². The van der Waals surface area contributed by atoms with E-state index in [9.17, 15) is 4.79 Å². The molecule has 0 aromatic carbocycles. The number of hydrogen-bond acceptors (Lipinski definition) is 4. The molecule has 1 saturated heterocycles. The SMILES string of the molecule is CCN1CCOC(Cn2c(C)ncc(I)c2=O)C1. The summed E-state index contributed by atoms with van der Waals surface area (Å²) in [6, 6.07) is 0. The van der Waals surface area contributed by atoms with Gasteiger partial charge >= 0.3 is 0 Å². The number of nitrogens with zero attached hydrogens (tertiary/aromatic N) is 3. The molecule has 1 unspecified atom stereocenters. The van der Waals surface area contributed by atoms with Crippen LogP contribution in [0.3, 0.4) is 0 Å². The Morgan fingerprint density at radius 1 is 1.61 bits per heavy atom. The van der Waals surface area contributed by atoms with Gasteiger partial charge in [0.2, 0.25) is 0 Å². The standard InChI is InChI=1S/C12H18IN3O2/c1-3-15-4-5-18-10(7-15)8-16-9(2)14-6-11(13)12(16)17/h6,10H,3-5,7-8H2,1-2H3. The number of aryl methyl sites for hydroxylation is 1. The monoisotopic (exact) mass is 363 g/mol. The van der Waals surface area contributed by atoms with Gasteiger partial charge in [0.1, 0.15) is 5.82 Å². The van der Waals surface area contributed by atoms with E-state index in [4.69, 9.17) is 4.74 Å². The average Bonchev–Trinajstić information content (AvgIpc) is 2.39. The normalized spacial score (nSPS) is 21.2. The fourth-order valence-corrected chi connectivity index (χ4v) is 2.58. The molecule has 1 atom stereocenters. The highest BCUT2D eigenvalue weighted by Gasteiger charge is 2.21. The zero-order chi connectivity index (χ0) is 13.1. The van der Waals surface area contributed by atoms with Crippen molar-refractivity contribution >= 4 is 22.6 Å². The lowest BCUT2D eigenvalue weighted by atomic mass is 10.2. The largest absolute Gasteiger partial charge is 0.374 e. The lowest BCUT2D eigenvalue weighted by Crippen LogP contribution is -2.45. The fourth-order valence-electron chi connectivity index (χ4n) is 2.15. The second-order valence-electron chi connectivity index (χ2n) is 4.46. The zero-order valence-electron chi connectivity index (χ0n) is 10.7. The molecule has 1 aliphatic heterocycles. The predicted molar refractivity (Wildman–Crippen MR) is 77.8 cm³/mol. The van der Waals surface area contributed by atoms with Crippen LogP contribution in [0.2, 0.25) is 0 Å². The number of ether oxygens (including phenoxy) is 1. The number of morpholine rings is 1. The molecule has 5 nitrogen and oxygen atoms in total. The smallest absolute Gasteiger partial charge is 0.267 e. The molecule has 6 heteroatoms. The van der Waals surface area contributed by atoms with E-state index in [0.29, 0.717) is 10.1 Å². The third-order valence-electron chi connectivity index (χ3n) is 3.26. The minimum atomic E-state index is 0.0281. The van der Waals surface area contributed by atoms with Gasteiger partial charge in [0, 0.05) is 19.3 Å². The zero-order valence-corrected chi connectivity index (χ0v) is 12.9. The van der Waals surface area contributed by atoms with Crippen molar-refractivity contribution < 1.29 is 4.74 Å². The van der Waals surface area contributed by atoms with Gasteiger partial charge in [0.05, 0.1) is 22.8 Å². The second kappa shape index (κ2) is 6.12. The fraction of sp³-hybridized carbons (Fsp3) is 0.667. The molecule has 1 aromatic heterocycles. The highest BCUT2D eigenvalue weighted by atomic mass is 127. The van der Waals surface area contributed by atoms with Crippen LogP contribution in [0, 0.1) is 10.5 Å². The maximum absolute atomic E-state index is 12.1. The van der Waals surface area contributed by atoms with Gasteiger partial charge in [-0.05, 0) is 36.1 Å². The lowest BCUT2D eigenvalue weighted by molar-refractivity contribution is -0.0351. The first kappa shape index (κ1) is 14.0. The van der Waals surface area contributed by atoms with Gasteiger partial charge in [0.25, 0.3) is 5.56 Å². The van der Waals surface area contributed by atoms with Crippen LogP contribution < -0.4 is 5.56 Å². The highest BCUT2D eigenvalue weighted by Crippen LogP contribution is 2.08. The van der Waals surface area contributed by atoms with E-state index >= 15 is 0 Å². The summed E-state index contributed by atoms with van der Waals surface area (Å²) < 4.78 is 8.10. The van der Waals surface area contributed by atoms with Crippen LogP contribution in [0.5, 0.6) is 0 Å². The van der Waals surface area contributed by atoms with Crippen molar-refractivity contribution in [1.82, 2.24) is 14.5 Å². The van der Waals surface area contributed by atoms with Crippen molar-refractivity contribution in [3.8, 4) is 0 Å². The molecule has 100 valence electrons. The van der Waals surface area contributed by atoms with Crippen molar-refractivity contribution in [2.75, 3.05) is 26.2 Å². The quantitative estimate of drug-likeness (QED) is 0.749. The van der Waals surface area contributed by atoms with Crippen LogP contribution in [0.1, 0.15) is 12.7 Å². The third kappa shape index (κ3) is 3.10. The minimum Gasteiger partial charge on any atom is -0.374 e. The Kier molecular flexibility index (Phi) is 4.74. The van der Waals surface area contributed by atoms with Crippen LogP contribution >= 0.6 is 22.6 Å². The minimum absolute atomic E-state index is 0.0281. The summed E-state index contributed by atoms with van der Waals surface area (Å²) in [5, 5.41) is 0. The van der Waals surface area contributed by atoms with Crippen molar-refractivity contribution in [3.05, 3.63) is 25.9 Å². The Hall–Kier alpha value is -0.470. The summed E-state index contributed by atoms with van der Waals surface area (Å²) >= 11 is 2.03. The topological polar surface area (TPSA) is 47.4 Å². The summed E-state index contributed by atoms with van der Waals surface area (Å²) in [7, 11) is 0. The summed E-state index contributed by atoms with van der Waals surface area (Å²) in [5.74, 6) is 0.748. The van der Waals surface area contributed by atoms with E-state index in [-0.39, 0.29) is 11.7 Å². The van der Waals surface area contributed by atoms with Crippen molar-refractivity contribution in [3.63, 3.8) is 0 Å². The van der Waals surface area contributed by atoms with Gasteiger partial charge in [-0.2, -0.15) is 0 Å². The molecule has 2 rings (SSSR count). The number of hydrogen-bond donors (Lipinski definition) is 0. The van der Waals surface area contributed by atoms with E-state index in [0.717, 1.165) is 32.1 Å². The van der Waals surface area contributed by atoms with E-state index in [2.05, 4.69) is 16.8 Å². The lowest BCUT2D eigenvalue weighted by Gasteiger charge is -2.32. The molecule has 18 heavy (non-hydrogen) atoms. The highest BCUT2D eigenvalue weighted by molar-refractivity contribution is 14.1. The number of rotatable bonds is 3. The van der Waals surface area contributed by atoms with Gasteiger partial charge in [-0.15, -0.1) is 0 Å². The van der Waals surface area contributed by atoms with E-state index in [1.54, 1.807) is 10.8 Å². The molecule has 0 aliphatic carbocycles. The van der Waals surface area contributed by atoms with Crippen LogP contribution in [-0.4, -0.2) is 46.8 Å². The Morgan fingerprint density at radius 2 is 2.39 bits per heavy atom. The maximum Gasteiger partial charge on any atom is 0.267 e. The van der Waals surface area contributed by atoms with Gasteiger partial charge in [-0.3, -0.25) is 14.3 Å². The molecule has 0 saturated carbocycles. The Bertz CT molecular complexity index is 475. The number of likely N-dealkylation sites (N-methyl/N-ethyl adjacent to an activating group) is 1. The molecule has 1 aromatic rings. The molecule has 1 aliphatic rings. The molecule has 0 amide bonds. The van der Waals surface area contributed by atoms with Crippen LogP contribution in [0.25, 0.3) is 0 Å². The molecule has 0 radical (unpaired) electrons. The van der Waals surface area contributed by atoms with Crippen LogP contribution in [0.4, 0.5) is 0 Å². The van der Waals surface area contributed by atoms with Crippen molar-refractivity contribution in [2.24, 2.45) is 0 Å². The first-order valence-corrected chi connectivity index (χ1v) is 7.25. The molecule has 0 bridgehead atoms. The first-order chi connectivity index (χ1) is 8.61. The molecular formula is C12H18IN3O2. The van der Waals surface area contributed by atoms with E-state index < -0.39 is 0 Å². The van der Waals surface area contributed by atoms with Gasteiger partial charge < -0.3 is 4.74 Å². The molecule has 2 heterocycles. The average molecular weight is 363 g/mol. The maximum atomic E-state index is 12.1. The number of aromatic nitrogens is 2. The summed E-state index contributed by atoms with van der Waals surface area (Å²) in [6.07, 6.45) is 1.70. The van der Waals surface area contributed by atoms with Gasteiger partial charge in [0.15, 0.2) is 0 Å². The van der Waals surface area contributed by atoms with Crippen molar-refractivity contribution in [1.29, 1.82) is 0 Å². The van der Waals surface area contributed by atoms with Gasteiger partial charge in [-0.25, -0.2) is 4.98 Å². The Morgan fingerprint density at radius 3 is 3.11 bits per heavy atom. The van der Waals surface area contributed by atoms with Crippen molar-refractivity contribution in [2.45, 2.75) is 26.5 Å². The number of halogens is 1. The van der Waals surface area contributed by atoms with E-state index in [1.165, 1.54) is 0 Å². The summed E-state index contributed by atoms with van der Waals surface area (Å²) in [5.41, 5.74) is 0.0281. The summed E-state index contributed by atoms with van der Waals surface area (Å²) in [6.45, 7) is 8.22. The Balaban J connectivity index is 2.14. The molecule has 0 N–H and O–H groups in total. The first-order valence-electron chi connectivity index (χ1n) is 6.17. The van der Waals surface area contributed by atoms with Gasteiger partial charge in [-0.1, -0.05) is 6.92 Å². The second-order valence-corrected chi connectivity index (χ2v) is 5.62. The predicted octanol–water partition coefficient (Wildman–Crippen LogP) is 0.877. The third-order valence-corrected chi connectivity index (χ3v) is 4.00. The van der Waals surface area contributed by atoms with E-state index in [1.807, 2.05) is 29.5 Å². The van der Waals surface area contributed by atoms with Crippen LogP contribution in [-0.2, 0) is 11.3 Å². The molecule has 1 fully saturated rings. The molecular weight excluding hydrogens is 345 g/mol.